The van der Waals surface area contributed by atoms with Crippen LogP contribution in [-0.2, 0) is 6.42 Å². The van der Waals surface area contributed by atoms with Gasteiger partial charge in [0.1, 0.15) is 5.82 Å². The molecule has 3 heteroatoms. The predicted octanol–water partition coefficient (Wildman–Crippen LogP) is 2.83. The first kappa shape index (κ1) is 10.8. The molecule has 0 aliphatic heterocycles. The Balaban J connectivity index is 3.00. The maximum absolute atomic E-state index is 13.3. The van der Waals surface area contributed by atoms with Crippen molar-refractivity contribution in [3.8, 4) is 11.5 Å². The summed E-state index contributed by atoms with van der Waals surface area (Å²) < 4.78 is 13.3. The highest BCUT2D eigenvalue weighted by atomic mass is 19.1. The molecule has 0 fully saturated rings. The maximum atomic E-state index is 13.3. The van der Waals surface area contributed by atoms with Crippen molar-refractivity contribution >= 4 is 0 Å². The first-order valence-corrected chi connectivity index (χ1v) is 4.75. The average Bonchev–Trinajstić information content (AvgIpc) is 2.18. The minimum Gasteiger partial charge on any atom is -0.504 e. The lowest BCUT2D eigenvalue weighted by Crippen LogP contribution is -2.00. The molecule has 2 nitrogen and oxygen atoms in total. The third-order valence-corrected chi connectivity index (χ3v) is 2.45. The molecule has 14 heavy (non-hydrogen) atoms. The zero-order chi connectivity index (χ0) is 10.7. The molecular weight excluding hydrogens is 183 g/mol. The van der Waals surface area contributed by atoms with Crippen LogP contribution in [-0.4, -0.2) is 10.2 Å². The van der Waals surface area contributed by atoms with Gasteiger partial charge in [0.25, 0.3) is 0 Å². The zero-order valence-electron chi connectivity index (χ0n) is 8.42. The molecule has 1 aromatic rings. The van der Waals surface area contributed by atoms with Gasteiger partial charge in [0, 0.05) is 5.56 Å². The summed E-state index contributed by atoms with van der Waals surface area (Å²) in [7, 11) is 0. The summed E-state index contributed by atoms with van der Waals surface area (Å²) in [6.45, 7) is 3.98. The number of benzene rings is 1. The van der Waals surface area contributed by atoms with E-state index in [0.29, 0.717) is 6.42 Å². The van der Waals surface area contributed by atoms with E-state index in [1.54, 1.807) is 0 Å². The fourth-order valence-electron chi connectivity index (χ4n) is 1.29. The Bertz CT molecular complexity index is 323. The predicted molar refractivity (Wildman–Crippen MR) is 52.9 cm³/mol. The Hall–Kier alpha value is -1.25. The van der Waals surface area contributed by atoms with Gasteiger partial charge in [-0.05, 0) is 24.5 Å². The van der Waals surface area contributed by atoms with Gasteiger partial charge in [0.05, 0.1) is 0 Å². The minimum atomic E-state index is -0.458. The lowest BCUT2D eigenvalue weighted by molar-refractivity contribution is 0.388. The van der Waals surface area contributed by atoms with Crippen LogP contribution >= 0.6 is 0 Å². The lowest BCUT2D eigenvalue weighted by Gasteiger charge is -2.11. The molecular formula is C11H15FO2. The van der Waals surface area contributed by atoms with Crippen LogP contribution in [0.15, 0.2) is 12.1 Å². The number of hydrogen-bond donors (Lipinski definition) is 2. The summed E-state index contributed by atoms with van der Waals surface area (Å²) in [6, 6.07) is 2.33. The van der Waals surface area contributed by atoms with E-state index in [1.165, 1.54) is 6.07 Å². The summed E-state index contributed by atoms with van der Waals surface area (Å²) in [4.78, 5) is 0. The normalized spacial score (nSPS) is 12.8. The third kappa shape index (κ3) is 2.16. The van der Waals surface area contributed by atoms with Gasteiger partial charge in [0.15, 0.2) is 11.5 Å². The molecule has 0 saturated carbocycles. The fraction of sp³-hybridized carbons (Fsp3) is 0.455. The van der Waals surface area contributed by atoms with E-state index in [9.17, 15) is 14.6 Å². The number of halogens is 1. The van der Waals surface area contributed by atoms with E-state index in [2.05, 4.69) is 0 Å². The van der Waals surface area contributed by atoms with E-state index < -0.39 is 5.82 Å². The Morgan fingerprint density at radius 2 is 2.00 bits per heavy atom. The van der Waals surface area contributed by atoms with Crippen LogP contribution in [0.3, 0.4) is 0 Å². The van der Waals surface area contributed by atoms with E-state index in [1.807, 2.05) is 13.8 Å². The Kier molecular flexibility index (Phi) is 3.33. The van der Waals surface area contributed by atoms with E-state index in [-0.39, 0.29) is 23.0 Å². The SMILES string of the molecule is CCC(C)Cc1c(F)ccc(O)c1O. The van der Waals surface area contributed by atoms with Crippen LogP contribution in [0.4, 0.5) is 4.39 Å². The van der Waals surface area contributed by atoms with Crippen LogP contribution in [0, 0.1) is 11.7 Å². The quantitative estimate of drug-likeness (QED) is 0.733. The second-order valence-electron chi connectivity index (χ2n) is 3.61. The highest BCUT2D eigenvalue weighted by Gasteiger charge is 2.14. The van der Waals surface area contributed by atoms with Crippen LogP contribution in [0.25, 0.3) is 0 Å². The molecule has 0 spiro atoms. The summed E-state index contributed by atoms with van der Waals surface area (Å²) in [5, 5.41) is 18.6. The molecule has 1 unspecified atom stereocenters. The molecule has 2 N–H and O–H groups in total. The Morgan fingerprint density at radius 1 is 1.36 bits per heavy atom. The monoisotopic (exact) mass is 198 g/mol. The highest BCUT2D eigenvalue weighted by Crippen LogP contribution is 2.32. The second kappa shape index (κ2) is 4.31. The fourth-order valence-corrected chi connectivity index (χ4v) is 1.29. The van der Waals surface area contributed by atoms with Crippen molar-refractivity contribution in [3.05, 3.63) is 23.5 Å². The topological polar surface area (TPSA) is 40.5 Å². The van der Waals surface area contributed by atoms with Crippen molar-refractivity contribution in [1.29, 1.82) is 0 Å². The van der Waals surface area contributed by atoms with Crippen LogP contribution in [0.2, 0.25) is 0 Å². The number of hydrogen-bond acceptors (Lipinski definition) is 2. The number of rotatable bonds is 3. The molecule has 1 atom stereocenters. The van der Waals surface area contributed by atoms with Crippen LogP contribution < -0.4 is 0 Å². The first-order valence-electron chi connectivity index (χ1n) is 4.75. The molecule has 0 aromatic heterocycles. The molecule has 0 saturated heterocycles. The number of phenolic OH excluding ortho intramolecular Hbond substituents is 2. The summed E-state index contributed by atoms with van der Waals surface area (Å²) in [5.74, 6) is -0.757. The zero-order valence-corrected chi connectivity index (χ0v) is 8.42. The van der Waals surface area contributed by atoms with Gasteiger partial charge >= 0.3 is 0 Å². The molecule has 0 bridgehead atoms. The van der Waals surface area contributed by atoms with Gasteiger partial charge < -0.3 is 10.2 Å². The molecule has 78 valence electrons. The summed E-state index contributed by atoms with van der Waals surface area (Å²) in [6.07, 6.45) is 1.36. The molecule has 0 aliphatic carbocycles. The standard InChI is InChI=1S/C11H15FO2/c1-3-7(2)6-8-9(12)4-5-10(13)11(8)14/h4-5,7,13-14H,3,6H2,1-2H3. The first-order chi connectivity index (χ1) is 6.56. The van der Waals surface area contributed by atoms with Gasteiger partial charge in [-0.2, -0.15) is 0 Å². The average molecular weight is 198 g/mol. The van der Waals surface area contributed by atoms with Gasteiger partial charge in [0.2, 0.25) is 0 Å². The minimum absolute atomic E-state index is 0.208. The van der Waals surface area contributed by atoms with Gasteiger partial charge in [-0.3, -0.25) is 0 Å². The van der Waals surface area contributed by atoms with Gasteiger partial charge in [-0.15, -0.1) is 0 Å². The van der Waals surface area contributed by atoms with Crippen molar-refractivity contribution in [2.45, 2.75) is 26.7 Å². The van der Waals surface area contributed by atoms with Crippen molar-refractivity contribution in [2.24, 2.45) is 5.92 Å². The Morgan fingerprint density at radius 3 is 2.57 bits per heavy atom. The molecule has 0 heterocycles. The Labute approximate surface area is 83.0 Å². The lowest BCUT2D eigenvalue weighted by atomic mass is 9.97. The van der Waals surface area contributed by atoms with Crippen LogP contribution in [0.5, 0.6) is 11.5 Å². The number of aromatic hydroxyl groups is 2. The van der Waals surface area contributed by atoms with Gasteiger partial charge in [-0.1, -0.05) is 20.3 Å². The third-order valence-electron chi connectivity index (χ3n) is 2.45. The van der Waals surface area contributed by atoms with Crippen molar-refractivity contribution < 1.29 is 14.6 Å². The van der Waals surface area contributed by atoms with E-state index in [4.69, 9.17) is 0 Å². The molecule has 0 aliphatic rings. The number of phenols is 2. The summed E-state index contributed by atoms with van der Waals surface area (Å²) in [5.41, 5.74) is 0.208. The van der Waals surface area contributed by atoms with Gasteiger partial charge in [-0.25, -0.2) is 4.39 Å². The van der Waals surface area contributed by atoms with Crippen LogP contribution in [0.1, 0.15) is 25.8 Å². The van der Waals surface area contributed by atoms with E-state index in [0.717, 1.165) is 12.5 Å². The second-order valence-corrected chi connectivity index (χ2v) is 3.61. The largest absolute Gasteiger partial charge is 0.504 e. The van der Waals surface area contributed by atoms with E-state index >= 15 is 0 Å². The van der Waals surface area contributed by atoms with Crippen molar-refractivity contribution in [3.63, 3.8) is 0 Å². The van der Waals surface area contributed by atoms with Crippen molar-refractivity contribution in [1.82, 2.24) is 0 Å². The highest BCUT2D eigenvalue weighted by molar-refractivity contribution is 5.45. The van der Waals surface area contributed by atoms with Crippen molar-refractivity contribution in [2.75, 3.05) is 0 Å². The molecule has 1 aromatic carbocycles. The smallest absolute Gasteiger partial charge is 0.163 e. The molecule has 0 radical (unpaired) electrons. The summed E-state index contributed by atoms with van der Waals surface area (Å²) >= 11 is 0. The molecule has 0 amide bonds. The maximum Gasteiger partial charge on any atom is 0.163 e. The molecule has 1 rings (SSSR count).